The molecule has 1 N–H and O–H groups in total. The number of rotatable bonds is 8. The van der Waals surface area contributed by atoms with Gasteiger partial charge in [-0.05, 0) is 27.2 Å². The third kappa shape index (κ3) is 5.99. The predicted octanol–water partition coefficient (Wildman–Crippen LogP) is 3.66. The van der Waals surface area contributed by atoms with Crippen LogP contribution < -0.4 is 0 Å². The van der Waals surface area contributed by atoms with E-state index in [1.54, 1.807) is 0 Å². The average Bonchev–Trinajstić information content (AvgIpc) is 2.66. The highest BCUT2D eigenvalue weighted by molar-refractivity contribution is 7.86. The van der Waals surface area contributed by atoms with Gasteiger partial charge in [0, 0.05) is 21.5 Å². The van der Waals surface area contributed by atoms with Gasteiger partial charge in [-0.25, -0.2) is 0 Å². The van der Waals surface area contributed by atoms with Gasteiger partial charge in [0.15, 0.2) is 0 Å². The Bertz CT molecular complexity index is 324. The molecular weight excluding hydrogens is 284 g/mol. The quantitative estimate of drug-likeness (QED) is 0.695. The van der Waals surface area contributed by atoms with Crippen LogP contribution in [0, 0.1) is 5.92 Å². The summed E-state index contributed by atoms with van der Waals surface area (Å²) in [5, 5.41) is 10.3. The van der Waals surface area contributed by atoms with Crippen LogP contribution in [0.1, 0.15) is 73.1 Å². The Morgan fingerprint density at radius 3 is 2.29 bits per heavy atom. The largest absolute Gasteiger partial charge is 0.390 e. The molecule has 0 aromatic carbocycles. The Morgan fingerprint density at radius 1 is 1.10 bits per heavy atom. The molecule has 1 rings (SSSR count). The first-order chi connectivity index (χ1) is 9.77. The molecule has 1 aliphatic heterocycles. The van der Waals surface area contributed by atoms with Crippen molar-refractivity contribution < 1.29 is 14.1 Å². The fourth-order valence-corrected chi connectivity index (χ4v) is 3.95. The van der Waals surface area contributed by atoms with Crippen LogP contribution in [-0.4, -0.2) is 38.1 Å². The third-order valence-electron chi connectivity index (χ3n) is 4.45. The number of hydrogen-bond acceptors (Lipinski definition) is 3. The van der Waals surface area contributed by atoms with Gasteiger partial charge in [-0.2, -0.15) is 0 Å². The molecule has 0 spiro atoms. The van der Waals surface area contributed by atoms with Crippen LogP contribution in [-0.2, 0) is 15.5 Å². The molecule has 4 heteroatoms. The van der Waals surface area contributed by atoms with E-state index >= 15 is 0 Å². The molecule has 1 unspecified atom stereocenters. The fourth-order valence-electron chi connectivity index (χ4n) is 2.77. The summed E-state index contributed by atoms with van der Waals surface area (Å²) in [4.78, 5) is 0. The van der Waals surface area contributed by atoms with E-state index in [1.807, 2.05) is 27.7 Å². The van der Waals surface area contributed by atoms with Gasteiger partial charge in [0.2, 0.25) is 0 Å². The summed E-state index contributed by atoms with van der Waals surface area (Å²) in [6, 6.07) is 0. The molecule has 5 atom stereocenters. The molecule has 0 radical (unpaired) electrons. The first-order valence-corrected chi connectivity index (χ1v) is 9.81. The molecule has 1 saturated heterocycles. The van der Waals surface area contributed by atoms with Crippen LogP contribution in [0.4, 0.5) is 0 Å². The molecule has 0 aromatic heterocycles. The van der Waals surface area contributed by atoms with Crippen molar-refractivity contribution in [2.24, 2.45) is 5.92 Å². The minimum atomic E-state index is -0.924. The van der Waals surface area contributed by atoms with Crippen molar-refractivity contribution in [2.75, 3.05) is 5.75 Å². The van der Waals surface area contributed by atoms with Gasteiger partial charge in [0.1, 0.15) is 0 Å². The zero-order valence-electron chi connectivity index (χ0n) is 14.4. The van der Waals surface area contributed by atoms with Crippen LogP contribution in [0.15, 0.2) is 0 Å². The number of hydrogen-bond donors (Lipinski definition) is 1. The number of aliphatic hydroxyl groups excluding tert-OH is 1. The molecule has 0 bridgehead atoms. The van der Waals surface area contributed by atoms with Crippen LogP contribution in [0.2, 0.25) is 0 Å². The van der Waals surface area contributed by atoms with Crippen molar-refractivity contribution in [3.8, 4) is 0 Å². The molecule has 0 aliphatic carbocycles. The SMILES string of the molecule is CCCCCCC[C@@H]1O[C@H](CS(=O)C(C)(C)C)[C@H](C)[C@H]1O. The topological polar surface area (TPSA) is 46.5 Å². The summed E-state index contributed by atoms with van der Waals surface area (Å²) in [7, 11) is -0.924. The maximum Gasteiger partial charge on any atom is 0.0852 e. The molecule has 0 saturated carbocycles. The normalized spacial score (nSPS) is 31.5. The van der Waals surface area contributed by atoms with Crippen LogP contribution in [0.25, 0.3) is 0 Å². The van der Waals surface area contributed by atoms with E-state index in [0.717, 1.165) is 12.8 Å². The maximum atomic E-state index is 12.3. The number of unbranched alkanes of at least 4 members (excludes halogenated alkanes) is 4. The third-order valence-corrected chi connectivity index (χ3v) is 6.44. The summed E-state index contributed by atoms with van der Waals surface area (Å²) in [5.41, 5.74) is 0. The van der Waals surface area contributed by atoms with Crippen molar-refractivity contribution in [1.29, 1.82) is 0 Å². The van der Waals surface area contributed by atoms with Crippen molar-refractivity contribution in [3.05, 3.63) is 0 Å². The number of ether oxygens (including phenoxy) is 1. The van der Waals surface area contributed by atoms with Crippen molar-refractivity contribution >= 4 is 10.8 Å². The lowest BCUT2D eigenvalue weighted by Gasteiger charge is -2.22. The van der Waals surface area contributed by atoms with Gasteiger partial charge in [0.05, 0.1) is 24.1 Å². The van der Waals surface area contributed by atoms with Gasteiger partial charge in [-0.15, -0.1) is 0 Å². The highest BCUT2D eigenvalue weighted by Crippen LogP contribution is 2.31. The molecule has 1 heterocycles. The van der Waals surface area contributed by atoms with E-state index < -0.39 is 16.9 Å². The van der Waals surface area contributed by atoms with E-state index in [2.05, 4.69) is 6.92 Å². The summed E-state index contributed by atoms with van der Waals surface area (Å²) in [6.45, 7) is 10.2. The Balaban J connectivity index is 2.40. The zero-order valence-corrected chi connectivity index (χ0v) is 15.2. The number of aliphatic hydroxyl groups is 1. The molecule has 3 nitrogen and oxygen atoms in total. The summed E-state index contributed by atoms with van der Waals surface area (Å²) >= 11 is 0. The van der Waals surface area contributed by atoms with Gasteiger partial charge in [0.25, 0.3) is 0 Å². The minimum Gasteiger partial charge on any atom is -0.390 e. The lowest BCUT2D eigenvalue weighted by Crippen LogP contribution is -2.33. The van der Waals surface area contributed by atoms with E-state index in [0.29, 0.717) is 5.75 Å². The van der Waals surface area contributed by atoms with Crippen LogP contribution in [0.5, 0.6) is 0 Å². The second kappa shape index (κ2) is 8.64. The molecule has 1 aliphatic rings. The zero-order chi connectivity index (χ0) is 16.0. The molecule has 0 amide bonds. The minimum absolute atomic E-state index is 0.0661. The van der Waals surface area contributed by atoms with E-state index in [4.69, 9.17) is 4.74 Å². The molecule has 126 valence electrons. The standard InChI is InChI=1S/C17H34O3S/c1-6-7-8-9-10-11-14-16(18)13(2)15(20-14)12-21(19)17(3,4)5/h13-16,18H,6-12H2,1-5H3/t13-,14-,15+,16+,21?/m0/s1. The Morgan fingerprint density at radius 2 is 1.71 bits per heavy atom. The lowest BCUT2D eigenvalue weighted by atomic mass is 9.96. The van der Waals surface area contributed by atoms with Gasteiger partial charge >= 0.3 is 0 Å². The Hall–Kier alpha value is 0.0700. The lowest BCUT2D eigenvalue weighted by molar-refractivity contribution is 0.0110. The average molecular weight is 319 g/mol. The van der Waals surface area contributed by atoms with E-state index in [9.17, 15) is 9.32 Å². The monoisotopic (exact) mass is 318 g/mol. The van der Waals surface area contributed by atoms with Gasteiger partial charge in [-0.1, -0.05) is 46.0 Å². The highest BCUT2D eigenvalue weighted by atomic mass is 32.2. The predicted molar refractivity (Wildman–Crippen MR) is 90.0 cm³/mol. The molecule has 21 heavy (non-hydrogen) atoms. The smallest absolute Gasteiger partial charge is 0.0852 e. The Kier molecular flexibility index (Phi) is 7.86. The summed E-state index contributed by atoms with van der Waals surface area (Å²) < 4.78 is 18.1. The highest BCUT2D eigenvalue weighted by Gasteiger charge is 2.41. The molecule has 0 aromatic rings. The van der Waals surface area contributed by atoms with Crippen LogP contribution in [0.3, 0.4) is 0 Å². The second-order valence-electron chi connectivity index (χ2n) is 7.39. The van der Waals surface area contributed by atoms with E-state index in [-0.39, 0.29) is 22.9 Å². The van der Waals surface area contributed by atoms with E-state index in [1.165, 1.54) is 25.7 Å². The fraction of sp³-hybridized carbons (Fsp3) is 1.00. The molecule has 1 fully saturated rings. The molecular formula is C17H34O3S. The van der Waals surface area contributed by atoms with Crippen molar-refractivity contribution in [3.63, 3.8) is 0 Å². The van der Waals surface area contributed by atoms with Gasteiger partial charge < -0.3 is 9.84 Å². The summed E-state index contributed by atoms with van der Waals surface area (Å²) in [5.74, 6) is 0.616. The summed E-state index contributed by atoms with van der Waals surface area (Å²) in [6.07, 6.45) is 6.53. The van der Waals surface area contributed by atoms with Gasteiger partial charge in [-0.3, -0.25) is 4.21 Å². The first kappa shape index (κ1) is 19.1. The second-order valence-corrected chi connectivity index (χ2v) is 9.64. The Labute approximate surface area is 133 Å². The van der Waals surface area contributed by atoms with Crippen molar-refractivity contribution in [1.82, 2.24) is 0 Å². The maximum absolute atomic E-state index is 12.3. The van der Waals surface area contributed by atoms with Crippen molar-refractivity contribution in [2.45, 2.75) is 96.2 Å². The first-order valence-electron chi connectivity index (χ1n) is 8.49. The van der Waals surface area contributed by atoms with Crippen LogP contribution >= 0.6 is 0 Å².